The second-order valence-electron chi connectivity index (χ2n) is 3.81. The minimum Gasteiger partial charge on any atom is -0.368 e. The lowest BCUT2D eigenvalue weighted by Crippen LogP contribution is -2.44. The fourth-order valence-corrected chi connectivity index (χ4v) is 1.48. The van der Waals surface area contributed by atoms with Crippen molar-refractivity contribution in [3.05, 3.63) is 35.4 Å². The molecule has 0 spiro atoms. The van der Waals surface area contributed by atoms with Crippen molar-refractivity contribution in [2.24, 2.45) is 5.73 Å². The Balaban J connectivity index is 2.73. The van der Waals surface area contributed by atoms with E-state index in [0.717, 1.165) is 12.1 Å². The number of hydrogen-bond acceptors (Lipinski definition) is 2. The van der Waals surface area contributed by atoms with Crippen LogP contribution in [0.3, 0.4) is 0 Å². The molecular formula is C12H14F2N2O2. The smallest absolute Gasteiger partial charge is 0.239 e. The molecule has 0 aliphatic heterocycles. The molecule has 0 radical (unpaired) electrons. The average molecular weight is 256 g/mol. The molecule has 0 heterocycles. The lowest BCUT2D eigenvalue weighted by atomic mass is 10.1. The second-order valence-corrected chi connectivity index (χ2v) is 3.81. The highest BCUT2D eigenvalue weighted by Gasteiger charge is 2.18. The number of halogens is 2. The second kappa shape index (κ2) is 6.09. The van der Waals surface area contributed by atoms with Crippen LogP contribution in [0.4, 0.5) is 8.78 Å². The van der Waals surface area contributed by atoms with Crippen molar-refractivity contribution in [3.63, 3.8) is 0 Å². The van der Waals surface area contributed by atoms with Gasteiger partial charge in [0.15, 0.2) is 0 Å². The third-order valence-electron chi connectivity index (χ3n) is 2.49. The zero-order valence-electron chi connectivity index (χ0n) is 9.87. The van der Waals surface area contributed by atoms with Crippen LogP contribution in [0.5, 0.6) is 0 Å². The Kier molecular flexibility index (Phi) is 4.76. The summed E-state index contributed by atoms with van der Waals surface area (Å²) in [6.07, 6.45) is -0.150. The van der Waals surface area contributed by atoms with Gasteiger partial charge in [-0.25, -0.2) is 8.78 Å². The van der Waals surface area contributed by atoms with Gasteiger partial charge in [-0.1, -0.05) is 13.0 Å². The van der Waals surface area contributed by atoms with Crippen molar-refractivity contribution in [1.29, 1.82) is 0 Å². The van der Waals surface area contributed by atoms with E-state index in [1.807, 2.05) is 0 Å². The van der Waals surface area contributed by atoms with Crippen molar-refractivity contribution >= 4 is 11.8 Å². The molecule has 0 unspecified atom stereocenters. The summed E-state index contributed by atoms with van der Waals surface area (Å²) in [7, 11) is 0. The van der Waals surface area contributed by atoms with Gasteiger partial charge < -0.3 is 11.1 Å². The Morgan fingerprint density at radius 2 is 1.89 bits per heavy atom. The molecule has 1 aromatic rings. The first kappa shape index (κ1) is 14.1. The summed E-state index contributed by atoms with van der Waals surface area (Å²) in [5.41, 5.74) is 4.72. The fourth-order valence-electron chi connectivity index (χ4n) is 1.48. The molecule has 1 aromatic carbocycles. The van der Waals surface area contributed by atoms with Crippen LogP contribution in [-0.4, -0.2) is 17.9 Å². The number of nitrogens with two attached hydrogens (primary N) is 1. The predicted octanol–water partition coefficient (Wildman–Crippen LogP) is 0.887. The lowest BCUT2D eigenvalue weighted by molar-refractivity contribution is -0.127. The normalized spacial score (nSPS) is 11.9. The van der Waals surface area contributed by atoms with E-state index in [2.05, 4.69) is 5.32 Å². The molecule has 0 aliphatic rings. The summed E-state index contributed by atoms with van der Waals surface area (Å²) >= 11 is 0. The van der Waals surface area contributed by atoms with Crippen LogP contribution in [0.25, 0.3) is 0 Å². The van der Waals surface area contributed by atoms with Gasteiger partial charge in [0.25, 0.3) is 0 Å². The molecule has 6 heteroatoms. The number of hydrogen-bond donors (Lipinski definition) is 2. The van der Waals surface area contributed by atoms with Crippen molar-refractivity contribution in [1.82, 2.24) is 5.32 Å². The molecule has 0 aromatic heterocycles. The van der Waals surface area contributed by atoms with Gasteiger partial charge in [0.2, 0.25) is 11.8 Å². The third-order valence-corrected chi connectivity index (χ3v) is 2.49. The van der Waals surface area contributed by atoms with Crippen LogP contribution in [0, 0.1) is 11.6 Å². The molecule has 0 fully saturated rings. The Morgan fingerprint density at radius 1 is 1.33 bits per heavy atom. The molecule has 4 nitrogen and oxygen atoms in total. The molecule has 0 saturated heterocycles. The first-order chi connectivity index (χ1) is 8.45. The predicted molar refractivity (Wildman–Crippen MR) is 61.5 cm³/mol. The summed E-state index contributed by atoms with van der Waals surface area (Å²) in [6, 6.07) is 2.52. The lowest BCUT2D eigenvalue weighted by Gasteiger charge is -2.13. The van der Waals surface area contributed by atoms with E-state index >= 15 is 0 Å². The van der Waals surface area contributed by atoms with Crippen molar-refractivity contribution < 1.29 is 18.4 Å². The number of rotatable bonds is 5. The van der Waals surface area contributed by atoms with Gasteiger partial charge >= 0.3 is 0 Å². The first-order valence-corrected chi connectivity index (χ1v) is 5.47. The molecule has 98 valence electrons. The number of carbonyl (C=O) groups excluding carboxylic acids is 2. The maximum Gasteiger partial charge on any atom is 0.239 e. The van der Waals surface area contributed by atoms with Gasteiger partial charge in [-0.2, -0.15) is 0 Å². The van der Waals surface area contributed by atoms with E-state index in [9.17, 15) is 18.4 Å². The van der Waals surface area contributed by atoms with Crippen molar-refractivity contribution in [3.8, 4) is 0 Å². The van der Waals surface area contributed by atoms with Crippen molar-refractivity contribution in [2.75, 3.05) is 0 Å². The van der Waals surface area contributed by atoms with Gasteiger partial charge in [-0.15, -0.1) is 0 Å². The number of amides is 2. The van der Waals surface area contributed by atoms with E-state index in [4.69, 9.17) is 5.73 Å². The van der Waals surface area contributed by atoms with E-state index < -0.39 is 35.9 Å². The Morgan fingerprint density at radius 3 is 2.33 bits per heavy atom. The van der Waals surface area contributed by atoms with Crippen molar-refractivity contribution in [2.45, 2.75) is 25.8 Å². The van der Waals surface area contributed by atoms with Gasteiger partial charge in [-0.3, -0.25) is 9.59 Å². The summed E-state index contributed by atoms with van der Waals surface area (Å²) in [5.74, 6) is -2.92. The highest BCUT2D eigenvalue weighted by atomic mass is 19.1. The van der Waals surface area contributed by atoms with Crippen LogP contribution in [0.2, 0.25) is 0 Å². The molecule has 18 heavy (non-hydrogen) atoms. The summed E-state index contributed by atoms with van der Waals surface area (Å²) < 4.78 is 26.6. The Bertz CT molecular complexity index is 443. The van der Waals surface area contributed by atoms with Gasteiger partial charge in [0.05, 0.1) is 6.42 Å². The molecule has 0 saturated carbocycles. The standard InChI is InChI=1S/C12H14F2N2O2/c1-2-10(12(15)18)16-11(17)6-7-8(13)4-3-5-9(7)14/h3-5,10H,2,6H2,1H3,(H2,15,18)(H,16,17)/t10-/m1/s1. The number of primary amides is 1. The minimum atomic E-state index is -0.827. The average Bonchev–Trinajstić information content (AvgIpc) is 2.30. The summed E-state index contributed by atoms with van der Waals surface area (Å²) in [5, 5.41) is 2.32. The monoisotopic (exact) mass is 256 g/mol. The fraction of sp³-hybridized carbons (Fsp3) is 0.333. The number of benzene rings is 1. The summed E-state index contributed by atoms with van der Waals surface area (Å²) in [6.45, 7) is 1.67. The molecule has 3 N–H and O–H groups in total. The maximum atomic E-state index is 13.3. The zero-order valence-corrected chi connectivity index (χ0v) is 9.87. The van der Waals surface area contributed by atoms with Crippen LogP contribution < -0.4 is 11.1 Å². The first-order valence-electron chi connectivity index (χ1n) is 5.47. The topological polar surface area (TPSA) is 72.2 Å². The highest BCUT2D eigenvalue weighted by Crippen LogP contribution is 2.12. The Hall–Kier alpha value is -1.98. The number of nitrogens with one attached hydrogen (secondary N) is 1. The maximum absolute atomic E-state index is 13.3. The van der Waals surface area contributed by atoms with E-state index in [-0.39, 0.29) is 5.56 Å². The molecule has 0 aliphatic carbocycles. The van der Waals surface area contributed by atoms with E-state index in [1.54, 1.807) is 6.92 Å². The SMILES string of the molecule is CC[C@@H](NC(=O)Cc1c(F)cccc1F)C(N)=O. The molecule has 0 bridgehead atoms. The summed E-state index contributed by atoms with van der Waals surface area (Å²) in [4.78, 5) is 22.5. The van der Waals surface area contributed by atoms with Gasteiger partial charge in [0.1, 0.15) is 17.7 Å². The Labute approximate surface area is 103 Å². The zero-order chi connectivity index (χ0) is 13.7. The number of carbonyl (C=O) groups is 2. The van der Waals surface area contributed by atoms with Crippen LogP contribution in [0.15, 0.2) is 18.2 Å². The minimum absolute atomic E-state index is 0.320. The molecular weight excluding hydrogens is 242 g/mol. The van der Waals surface area contributed by atoms with E-state index in [0.29, 0.717) is 6.42 Å². The third kappa shape index (κ3) is 3.51. The molecule has 1 atom stereocenters. The van der Waals surface area contributed by atoms with Crippen LogP contribution in [0.1, 0.15) is 18.9 Å². The molecule has 1 rings (SSSR count). The van der Waals surface area contributed by atoms with Crippen LogP contribution in [-0.2, 0) is 16.0 Å². The largest absolute Gasteiger partial charge is 0.368 e. The highest BCUT2D eigenvalue weighted by molar-refractivity contribution is 5.87. The quantitative estimate of drug-likeness (QED) is 0.821. The van der Waals surface area contributed by atoms with E-state index in [1.165, 1.54) is 6.07 Å². The van der Waals surface area contributed by atoms with Gasteiger partial charge in [-0.05, 0) is 18.6 Å². The molecule has 2 amide bonds. The van der Waals surface area contributed by atoms with Crippen LogP contribution >= 0.6 is 0 Å². The van der Waals surface area contributed by atoms with Gasteiger partial charge in [0, 0.05) is 5.56 Å².